The number of nitrogens with two attached hydrogens (primary N) is 1. The molecule has 0 spiro atoms. The highest BCUT2D eigenvalue weighted by Crippen LogP contribution is 2.21. The van der Waals surface area contributed by atoms with E-state index in [1.54, 1.807) is 0 Å². The topological polar surface area (TPSA) is 38.9 Å². The van der Waals surface area contributed by atoms with Crippen LogP contribution in [-0.2, 0) is 6.42 Å². The van der Waals surface area contributed by atoms with Crippen LogP contribution in [0.5, 0.6) is 0 Å². The molecule has 0 atom stereocenters. The molecule has 1 aromatic heterocycles. The minimum Gasteiger partial charge on any atom is -0.330 e. The van der Waals surface area contributed by atoms with E-state index in [1.807, 2.05) is 12.4 Å². The minimum atomic E-state index is 0.695. The fourth-order valence-electron chi connectivity index (χ4n) is 1.77. The van der Waals surface area contributed by atoms with Gasteiger partial charge in [0.1, 0.15) is 0 Å². The molecule has 0 unspecified atom stereocenters. The van der Waals surface area contributed by atoms with Gasteiger partial charge in [-0.25, -0.2) is 0 Å². The molecule has 72 valence electrons. The Morgan fingerprint density at radius 3 is 2.86 bits per heavy atom. The average Bonchev–Trinajstić information content (AvgIpc) is 2.23. The largest absolute Gasteiger partial charge is 0.330 e. The minimum absolute atomic E-state index is 0.695. The van der Waals surface area contributed by atoms with Gasteiger partial charge in [-0.1, -0.05) is 12.1 Å². The molecule has 1 aromatic carbocycles. The summed E-state index contributed by atoms with van der Waals surface area (Å²) in [5.74, 6) is 0. The Kier molecular flexibility index (Phi) is 2.46. The zero-order valence-corrected chi connectivity index (χ0v) is 8.33. The van der Waals surface area contributed by atoms with Crippen LogP contribution in [0.15, 0.2) is 30.6 Å². The van der Waals surface area contributed by atoms with Gasteiger partial charge in [-0.05, 0) is 42.5 Å². The van der Waals surface area contributed by atoms with Crippen molar-refractivity contribution in [2.75, 3.05) is 6.54 Å². The van der Waals surface area contributed by atoms with Gasteiger partial charge < -0.3 is 5.73 Å². The molecule has 0 aliphatic rings. The highest BCUT2D eigenvalue weighted by Gasteiger charge is 2.01. The number of fused-ring (bicyclic) bond motifs is 1. The standard InChI is InChI=1S/C12H14N2/c1-9-2-3-10(4-6-13)11-5-7-14-8-12(9)11/h2-3,5,7-8H,4,6,13H2,1H3. The van der Waals surface area contributed by atoms with E-state index in [4.69, 9.17) is 5.73 Å². The Balaban J connectivity index is 2.68. The third kappa shape index (κ3) is 1.49. The van der Waals surface area contributed by atoms with Crippen LogP contribution < -0.4 is 5.73 Å². The van der Waals surface area contributed by atoms with Gasteiger partial charge in [0.05, 0.1) is 0 Å². The van der Waals surface area contributed by atoms with Gasteiger partial charge in [0.15, 0.2) is 0 Å². The molecule has 0 aliphatic carbocycles. The van der Waals surface area contributed by atoms with Crippen LogP contribution in [0.4, 0.5) is 0 Å². The Morgan fingerprint density at radius 2 is 2.07 bits per heavy atom. The van der Waals surface area contributed by atoms with Gasteiger partial charge >= 0.3 is 0 Å². The van der Waals surface area contributed by atoms with E-state index < -0.39 is 0 Å². The molecule has 0 bridgehead atoms. The van der Waals surface area contributed by atoms with Gasteiger partial charge in [-0.3, -0.25) is 4.98 Å². The fraction of sp³-hybridized carbons (Fsp3) is 0.250. The lowest BCUT2D eigenvalue weighted by molar-refractivity contribution is 0.976. The fourth-order valence-corrected chi connectivity index (χ4v) is 1.77. The first kappa shape index (κ1) is 9.16. The maximum Gasteiger partial charge on any atom is 0.0349 e. The first-order valence-electron chi connectivity index (χ1n) is 4.85. The molecular formula is C12H14N2. The number of benzene rings is 1. The summed E-state index contributed by atoms with van der Waals surface area (Å²) in [7, 11) is 0. The molecule has 14 heavy (non-hydrogen) atoms. The van der Waals surface area contributed by atoms with Gasteiger partial charge in [-0.15, -0.1) is 0 Å². The van der Waals surface area contributed by atoms with E-state index in [0.717, 1.165) is 6.42 Å². The SMILES string of the molecule is Cc1ccc(CCN)c2ccncc12. The lowest BCUT2D eigenvalue weighted by atomic mass is 10.0. The van der Waals surface area contributed by atoms with E-state index >= 15 is 0 Å². The second kappa shape index (κ2) is 3.76. The van der Waals surface area contributed by atoms with Crippen molar-refractivity contribution < 1.29 is 0 Å². The highest BCUT2D eigenvalue weighted by atomic mass is 14.6. The lowest BCUT2D eigenvalue weighted by Crippen LogP contribution is -2.03. The van der Waals surface area contributed by atoms with Crippen LogP contribution in [-0.4, -0.2) is 11.5 Å². The van der Waals surface area contributed by atoms with Crippen LogP contribution in [0.3, 0.4) is 0 Å². The predicted molar refractivity (Wildman–Crippen MR) is 59.2 cm³/mol. The molecule has 0 aliphatic heterocycles. The van der Waals surface area contributed by atoms with Crippen molar-refractivity contribution in [2.45, 2.75) is 13.3 Å². The monoisotopic (exact) mass is 186 g/mol. The second-order valence-corrected chi connectivity index (χ2v) is 3.50. The quantitative estimate of drug-likeness (QED) is 0.779. The summed E-state index contributed by atoms with van der Waals surface area (Å²) >= 11 is 0. The molecule has 2 heteroatoms. The summed E-state index contributed by atoms with van der Waals surface area (Å²) in [5, 5.41) is 2.52. The number of rotatable bonds is 2. The molecule has 2 aromatic rings. The molecule has 0 fully saturated rings. The van der Waals surface area contributed by atoms with Crippen molar-refractivity contribution in [1.82, 2.24) is 4.98 Å². The zero-order chi connectivity index (χ0) is 9.97. The first-order chi connectivity index (χ1) is 6.83. The van der Waals surface area contributed by atoms with Crippen molar-refractivity contribution in [3.05, 3.63) is 41.7 Å². The molecule has 0 saturated heterocycles. The van der Waals surface area contributed by atoms with Crippen molar-refractivity contribution in [3.8, 4) is 0 Å². The molecule has 1 heterocycles. The van der Waals surface area contributed by atoms with E-state index in [-0.39, 0.29) is 0 Å². The van der Waals surface area contributed by atoms with E-state index in [0.29, 0.717) is 6.54 Å². The van der Waals surface area contributed by atoms with Gasteiger partial charge in [-0.2, -0.15) is 0 Å². The van der Waals surface area contributed by atoms with Crippen LogP contribution in [0, 0.1) is 6.92 Å². The Bertz CT molecular complexity index is 449. The summed E-state index contributed by atoms with van der Waals surface area (Å²) in [5.41, 5.74) is 8.16. The number of nitrogens with zero attached hydrogens (tertiary/aromatic N) is 1. The summed E-state index contributed by atoms with van der Waals surface area (Å²) in [4.78, 5) is 4.14. The Morgan fingerprint density at radius 1 is 1.21 bits per heavy atom. The summed E-state index contributed by atoms with van der Waals surface area (Å²) < 4.78 is 0. The highest BCUT2D eigenvalue weighted by molar-refractivity contribution is 5.87. The molecule has 2 nitrogen and oxygen atoms in total. The van der Waals surface area contributed by atoms with E-state index in [1.165, 1.54) is 21.9 Å². The smallest absolute Gasteiger partial charge is 0.0349 e. The van der Waals surface area contributed by atoms with Crippen molar-refractivity contribution in [2.24, 2.45) is 5.73 Å². The lowest BCUT2D eigenvalue weighted by Gasteiger charge is -2.06. The molecule has 0 amide bonds. The summed E-state index contributed by atoms with van der Waals surface area (Å²) in [6.07, 6.45) is 4.69. The van der Waals surface area contributed by atoms with E-state index in [2.05, 4.69) is 30.1 Å². The molecule has 0 saturated carbocycles. The van der Waals surface area contributed by atoms with Crippen LogP contribution in [0.1, 0.15) is 11.1 Å². The zero-order valence-electron chi connectivity index (χ0n) is 8.33. The third-order valence-corrected chi connectivity index (χ3v) is 2.54. The van der Waals surface area contributed by atoms with Crippen LogP contribution >= 0.6 is 0 Å². The Hall–Kier alpha value is -1.41. The maximum absolute atomic E-state index is 5.57. The molecule has 2 N–H and O–H groups in total. The van der Waals surface area contributed by atoms with Crippen molar-refractivity contribution >= 4 is 10.8 Å². The van der Waals surface area contributed by atoms with Crippen LogP contribution in [0.2, 0.25) is 0 Å². The molecule has 0 radical (unpaired) electrons. The summed E-state index contributed by atoms with van der Waals surface area (Å²) in [6, 6.07) is 6.35. The average molecular weight is 186 g/mol. The molecular weight excluding hydrogens is 172 g/mol. The Labute approximate surface area is 83.8 Å². The number of hydrogen-bond donors (Lipinski definition) is 1. The number of aryl methyl sites for hydroxylation is 1. The van der Waals surface area contributed by atoms with E-state index in [9.17, 15) is 0 Å². The predicted octanol–water partition coefficient (Wildman–Crippen LogP) is 2.04. The van der Waals surface area contributed by atoms with Gasteiger partial charge in [0.2, 0.25) is 0 Å². The van der Waals surface area contributed by atoms with Crippen LogP contribution in [0.25, 0.3) is 10.8 Å². The molecule has 2 rings (SSSR count). The normalized spacial score (nSPS) is 10.7. The number of aromatic nitrogens is 1. The maximum atomic E-state index is 5.57. The van der Waals surface area contributed by atoms with Crippen molar-refractivity contribution in [1.29, 1.82) is 0 Å². The van der Waals surface area contributed by atoms with Crippen molar-refractivity contribution in [3.63, 3.8) is 0 Å². The number of pyridine rings is 1. The number of hydrogen-bond acceptors (Lipinski definition) is 2. The van der Waals surface area contributed by atoms with Gasteiger partial charge in [0, 0.05) is 17.8 Å². The first-order valence-corrected chi connectivity index (χ1v) is 4.85. The summed E-state index contributed by atoms with van der Waals surface area (Å²) in [6.45, 7) is 2.80. The third-order valence-electron chi connectivity index (χ3n) is 2.54. The second-order valence-electron chi connectivity index (χ2n) is 3.50. The van der Waals surface area contributed by atoms with Gasteiger partial charge in [0.25, 0.3) is 0 Å².